The van der Waals surface area contributed by atoms with E-state index in [2.05, 4.69) is 0 Å². The molecule has 0 aromatic rings. The van der Waals surface area contributed by atoms with E-state index in [0.717, 1.165) is 12.2 Å². The van der Waals surface area contributed by atoms with Gasteiger partial charge in [-0.1, -0.05) is 6.92 Å². The van der Waals surface area contributed by atoms with Gasteiger partial charge in [-0.2, -0.15) is 0 Å². The summed E-state index contributed by atoms with van der Waals surface area (Å²) in [6.07, 6.45) is 2.79. The topological polar surface area (TPSA) is 35.5 Å². The van der Waals surface area contributed by atoms with Crippen molar-refractivity contribution < 1.29 is 14.3 Å². The predicted octanol–water partition coefficient (Wildman–Crippen LogP) is 1.88. The third kappa shape index (κ3) is 5.77. The first-order chi connectivity index (χ1) is 5.70. The van der Waals surface area contributed by atoms with Crippen LogP contribution in [0.25, 0.3) is 0 Å². The number of ether oxygens (including phenoxy) is 2. The molecule has 0 aromatic carbocycles. The second kappa shape index (κ2) is 6.70. The van der Waals surface area contributed by atoms with Gasteiger partial charge in [0.05, 0.1) is 6.61 Å². The van der Waals surface area contributed by atoms with Crippen molar-refractivity contribution in [3.63, 3.8) is 0 Å². The molecule has 3 heteroatoms. The second-order valence-electron chi connectivity index (χ2n) is 2.29. The molecule has 0 aromatic heterocycles. The predicted molar refractivity (Wildman–Crippen MR) is 46.6 cm³/mol. The Bertz CT molecular complexity index is 161. The Morgan fingerprint density at radius 3 is 2.42 bits per heavy atom. The van der Waals surface area contributed by atoms with Crippen LogP contribution in [0.4, 0.5) is 0 Å². The Morgan fingerprint density at radius 2 is 2.00 bits per heavy atom. The maximum absolute atomic E-state index is 10.5. The Morgan fingerprint density at radius 1 is 1.33 bits per heavy atom. The fourth-order valence-corrected chi connectivity index (χ4v) is 0.745. The van der Waals surface area contributed by atoms with Gasteiger partial charge in [-0.25, -0.2) is 0 Å². The molecule has 0 spiro atoms. The molecule has 0 unspecified atom stereocenters. The molecule has 0 atom stereocenters. The molecule has 3 nitrogen and oxygen atoms in total. The molecular weight excluding hydrogens is 156 g/mol. The van der Waals surface area contributed by atoms with E-state index in [1.54, 1.807) is 0 Å². The zero-order valence-electron chi connectivity index (χ0n) is 7.92. The largest absolute Gasteiger partial charge is 0.495 e. The number of rotatable bonds is 5. The molecule has 0 aliphatic rings. The van der Waals surface area contributed by atoms with Gasteiger partial charge >= 0.3 is 5.97 Å². The number of carbonyl (C=O) groups excluding carboxylic acids is 1. The maximum Gasteiger partial charge on any atom is 0.303 e. The van der Waals surface area contributed by atoms with Crippen LogP contribution < -0.4 is 0 Å². The van der Waals surface area contributed by atoms with Crippen molar-refractivity contribution in [2.75, 3.05) is 13.2 Å². The summed E-state index contributed by atoms with van der Waals surface area (Å²) in [6.45, 7) is 6.14. The Hall–Kier alpha value is -0.990. The van der Waals surface area contributed by atoms with Crippen molar-refractivity contribution in [3.8, 4) is 0 Å². The van der Waals surface area contributed by atoms with E-state index in [0.29, 0.717) is 6.61 Å². The molecule has 0 rings (SSSR count). The lowest BCUT2D eigenvalue weighted by molar-refractivity contribution is -0.140. The number of esters is 1. The summed E-state index contributed by atoms with van der Waals surface area (Å²) in [5, 5.41) is 0. The van der Waals surface area contributed by atoms with E-state index in [1.165, 1.54) is 6.92 Å². The van der Waals surface area contributed by atoms with Crippen LogP contribution in [0.5, 0.6) is 0 Å². The van der Waals surface area contributed by atoms with E-state index < -0.39 is 0 Å². The van der Waals surface area contributed by atoms with Crippen LogP contribution in [-0.2, 0) is 14.3 Å². The number of hydrogen-bond acceptors (Lipinski definition) is 3. The summed E-state index contributed by atoms with van der Waals surface area (Å²) in [5.74, 6) is 0.451. The maximum atomic E-state index is 10.5. The lowest BCUT2D eigenvalue weighted by atomic mass is 10.4. The average molecular weight is 172 g/mol. The van der Waals surface area contributed by atoms with E-state index in [-0.39, 0.29) is 12.6 Å². The first-order valence-corrected chi connectivity index (χ1v) is 4.15. The van der Waals surface area contributed by atoms with Gasteiger partial charge in [0.15, 0.2) is 0 Å². The minimum Gasteiger partial charge on any atom is -0.495 e. The van der Waals surface area contributed by atoms with E-state index in [9.17, 15) is 4.79 Å². The molecule has 0 radical (unpaired) electrons. The monoisotopic (exact) mass is 172 g/mol. The minimum atomic E-state index is -0.281. The van der Waals surface area contributed by atoms with Crippen molar-refractivity contribution in [3.05, 3.63) is 11.8 Å². The van der Waals surface area contributed by atoms with Crippen LogP contribution >= 0.6 is 0 Å². The minimum absolute atomic E-state index is 0.247. The fourth-order valence-electron chi connectivity index (χ4n) is 0.745. The quantitative estimate of drug-likeness (QED) is 0.469. The molecule has 0 aliphatic carbocycles. The molecule has 0 heterocycles. The summed E-state index contributed by atoms with van der Waals surface area (Å²) >= 11 is 0. The summed E-state index contributed by atoms with van der Waals surface area (Å²) in [6, 6.07) is 0. The highest BCUT2D eigenvalue weighted by Crippen LogP contribution is 2.00. The number of hydrogen-bond donors (Lipinski definition) is 0. The van der Waals surface area contributed by atoms with Crippen LogP contribution in [0, 0.1) is 0 Å². The van der Waals surface area contributed by atoms with Crippen molar-refractivity contribution in [1.82, 2.24) is 0 Å². The molecule has 0 saturated heterocycles. The Balaban J connectivity index is 3.79. The molecule has 0 fully saturated rings. The van der Waals surface area contributed by atoms with Crippen molar-refractivity contribution >= 4 is 5.97 Å². The van der Waals surface area contributed by atoms with E-state index >= 15 is 0 Å². The molecule has 0 aliphatic heterocycles. The van der Waals surface area contributed by atoms with Gasteiger partial charge in [0, 0.05) is 6.92 Å². The van der Waals surface area contributed by atoms with Crippen LogP contribution in [-0.4, -0.2) is 19.2 Å². The summed E-state index contributed by atoms with van der Waals surface area (Å²) < 4.78 is 9.99. The van der Waals surface area contributed by atoms with Crippen LogP contribution in [0.1, 0.15) is 27.2 Å². The van der Waals surface area contributed by atoms with Crippen molar-refractivity contribution in [2.24, 2.45) is 0 Å². The fraction of sp³-hybridized carbons (Fsp3) is 0.667. The van der Waals surface area contributed by atoms with Crippen LogP contribution in [0.3, 0.4) is 0 Å². The first-order valence-electron chi connectivity index (χ1n) is 4.15. The highest BCUT2D eigenvalue weighted by atomic mass is 16.6. The van der Waals surface area contributed by atoms with Gasteiger partial charge in [-0.15, -0.1) is 0 Å². The number of carbonyl (C=O) groups is 1. The van der Waals surface area contributed by atoms with Gasteiger partial charge in [0.1, 0.15) is 12.4 Å². The molecule has 12 heavy (non-hydrogen) atoms. The SMILES string of the molecule is CCC=C(COC(C)=O)OCC. The van der Waals surface area contributed by atoms with Gasteiger partial charge in [-0.05, 0) is 19.4 Å². The lowest BCUT2D eigenvalue weighted by Gasteiger charge is -2.07. The molecule has 0 N–H and O–H groups in total. The molecule has 70 valence electrons. The first kappa shape index (κ1) is 11.0. The van der Waals surface area contributed by atoms with E-state index in [1.807, 2.05) is 19.9 Å². The third-order valence-electron chi connectivity index (χ3n) is 1.18. The van der Waals surface area contributed by atoms with Gasteiger partial charge in [-0.3, -0.25) is 4.79 Å². The van der Waals surface area contributed by atoms with Crippen molar-refractivity contribution in [1.29, 1.82) is 0 Å². The average Bonchev–Trinajstić information content (AvgIpc) is 2.01. The number of allylic oxidation sites excluding steroid dienone is 1. The summed E-state index contributed by atoms with van der Waals surface area (Å²) in [5.41, 5.74) is 0. The highest BCUT2D eigenvalue weighted by Gasteiger charge is 1.98. The standard InChI is InChI=1S/C9H16O3/c1-4-6-9(11-5-2)7-12-8(3)10/h6H,4-5,7H2,1-3H3. The molecule has 0 amide bonds. The van der Waals surface area contributed by atoms with Crippen molar-refractivity contribution in [2.45, 2.75) is 27.2 Å². The van der Waals surface area contributed by atoms with Gasteiger partial charge < -0.3 is 9.47 Å². The Kier molecular flexibility index (Phi) is 6.15. The zero-order valence-corrected chi connectivity index (χ0v) is 7.92. The van der Waals surface area contributed by atoms with Gasteiger partial charge in [0.25, 0.3) is 0 Å². The normalized spacial score (nSPS) is 11.1. The third-order valence-corrected chi connectivity index (χ3v) is 1.18. The summed E-state index contributed by atoms with van der Waals surface area (Å²) in [7, 11) is 0. The highest BCUT2D eigenvalue weighted by molar-refractivity contribution is 5.66. The lowest BCUT2D eigenvalue weighted by Crippen LogP contribution is -2.05. The summed E-state index contributed by atoms with van der Waals surface area (Å²) in [4.78, 5) is 10.5. The van der Waals surface area contributed by atoms with Crippen LogP contribution in [0.15, 0.2) is 11.8 Å². The molecule has 0 bridgehead atoms. The van der Waals surface area contributed by atoms with Crippen LogP contribution in [0.2, 0.25) is 0 Å². The van der Waals surface area contributed by atoms with Gasteiger partial charge in [0.2, 0.25) is 0 Å². The molecular formula is C9H16O3. The molecule has 0 saturated carbocycles. The smallest absolute Gasteiger partial charge is 0.303 e. The van der Waals surface area contributed by atoms with E-state index in [4.69, 9.17) is 9.47 Å². The zero-order chi connectivity index (χ0) is 9.40. The second-order valence-corrected chi connectivity index (χ2v) is 2.29. The Labute approximate surface area is 73.4 Å².